The van der Waals surface area contributed by atoms with Crippen molar-refractivity contribution in [2.45, 2.75) is 58.3 Å². The van der Waals surface area contributed by atoms with Gasteiger partial charge in [0.1, 0.15) is 16.6 Å². The van der Waals surface area contributed by atoms with Crippen LogP contribution in [0.2, 0.25) is 0 Å². The van der Waals surface area contributed by atoms with E-state index in [-0.39, 0.29) is 23.9 Å². The summed E-state index contributed by atoms with van der Waals surface area (Å²) in [6, 6.07) is 7.58. The summed E-state index contributed by atoms with van der Waals surface area (Å²) < 4.78 is 7.55. The lowest BCUT2D eigenvalue weighted by molar-refractivity contribution is 0.0683. The number of rotatable bonds is 5. The molecular formula is C22H26N4O3S. The van der Waals surface area contributed by atoms with Crippen LogP contribution < -0.4 is 5.32 Å². The monoisotopic (exact) mass is 426 g/mol. The van der Waals surface area contributed by atoms with Crippen LogP contribution in [-0.2, 0) is 17.9 Å². The fourth-order valence-corrected chi connectivity index (χ4v) is 5.23. The zero-order valence-corrected chi connectivity index (χ0v) is 18.1. The minimum atomic E-state index is -0.212. The molecule has 2 unspecified atom stereocenters. The number of thiophene rings is 1. The van der Waals surface area contributed by atoms with Crippen molar-refractivity contribution in [3.63, 3.8) is 0 Å². The van der Waals surface area contributed by atoms with E-state index in [4.69, 9.17) is 10.00 Å². The van der Waals surface area contributed by atoms with Gasteiger partial charge in [-0.25, -0.2) is 0 Å². The summed E-state index contributed by atoms with van der Waals surface area (Å²) in [4.78, 5) is 29.9. The number of carbonyl (C=O) groups is 2. The van der Waals surface area contributed by atoms with Crippen LogP contribution in [-0.4, -0.2) is 40.5 Å². The second-order valence-electron chi connectivity index (χ2n) is 7.83. The Hall–Kier alpha value is -2.63. The second kappa shape index (κ2) is 8.62. The Labute approximate surface area is 180 Å². The van der Waals surface area contributed by atoms with Gasteiger partial charge in [0, 0.05) is 24.0 Å². The number of nitrogens with one attached hydrogen (secondary N) is 1. The minimum Gasteiger partial charge on any atom is -0.373 e. The number of carbonyl (C=O) groups excluding carboxylic acids is 2. The van der Waals surface area contributed by atoms with E-state index in [1.165, 1.54) is 11.3 Å². The molecule has 2 aromatic rings. The van der Waals surface area contributed by atoms with Crippen molar-refractivity contribution in [1.82, 2.24) is 14.8 Å². The van der Waals surface area contributed by atoms with Crippen molar-refractivity contribution in [3.05, 3.63) is 44.9 Å². The maximum absolute atomic E-state index is 13.2. The number of nitrogens with zero attached hydrogens (tertiary/aromatic N) is 3. The number of aromatic nitrogens is 1. The molecule has 30 heavy (non-hydrogen) atoms. The number of likely N-dealkylation sites (tertiary alicyclic amines) is 1. The average Bonchev–Trinajstić information content (AvgIpc) is 3.49. The van der Waals surface area contributed by atoms with Gasteiger partial charge in [-0.3, -0.25) is 9.59 Å². The largest absolute Gasteiger partial charge is 0.373 e. The van der Waals surface area contributed by atoms with Crippen molar-refractivity contribution in [1.29, 1.82) is 5.26 Å². The molecule has 2 aliphatic heterocycles. The Kier molecular flexibility index (Phi) is 5.93. The van der Waals surface area contributed by atoms with Crippen molar-refractivity contribution in [2.24, 2.45) is 0 Å². The SMILES string of the molecule is CCC(NC(=O)c1cc(C(=O)N2CCCC2C)n2c1COCC2)c1ccc(C#N)s1. The van der Waals surface area contributed by atoms with Crippen molar-refractivity contribution < 1.29 is 14.3 Å². The Morgan fingerprint density at radius 1 is 1.40 bits per heavy atom. The van der Waals surface area contributed by atoms with Crippen molar-refractivity contribution in [2.75, 3.05) is 13.2 Å². The molecule has 7 nitrogen and oxygen atoms in total. The Bertz CT molecular complexity index is 1000. The molecule has 4 rings (SSSR count). The van der Waals surface area contributed by atoms with Gasteiger partial charge in [0.05, 0.1) is 30.5 Å². The first-order valence-electron chi connectivity index (χ1n) is 10.4. The topological polar surface area (TPSA) is 87.4 Å². The van der Waals surface area contributed by atoms with Gasteiger partial charge in [0.2, 0.25) is 0 Å². The molecule has 2 amide bonds. The predicted molar refractivity (Wildman–Crippen MR) is 113 cm³/mol. The third-order valence-corrected chi connectivity index (χ3v) is 7.08. The number of hydrogen-bond acceptors (Lipinski definition) is 5. The van der Waals surface area contributed by atoms with Crippen LogP contribution in [0.4, 0.5) is 0 Å². The lowest BCUT2D eigenvalue weighted by Gasteiger charge is -2.24. The third kappa shape index (κ3) is 3.75. The van der Waals surface area contributed by atoms with Crippen molar-refractivity contribution in [3.8, 4) is 6.07 Å². The van der Waals surface area contributed by atoms with Crippen LogP contribution in [0.1, 0.15) is 75.4 Å². The van der Waals surface area contributed by atoms with Gasteiger partial charge in [-0.2, -0.15) is 5.26 Å². The lowest BCUT2D eigenvalue weighted by atomic mass is 10.1. The van der Waals surface area contributed by atoms with E-state index in [9.17, 15) is 9.59 Å². The smallest absolute Gasteiger partial charge is 0.270 e. The summed E-state index contributed by atoms with van der Waals surface area (Å²) in [5.41, 5.74) is 1.83. The molecule has 8 heteroatoms. The molecule has 158 valence electrons. The van der Waals surface area contributed by atoms with Crippen LogP contribution >= 0.6 is 11.3 Å². The molecule has 0 saturated carbocycles. The summed E-state index contributed by atoms with van der Waals surface area (Å²) in [5, 5.41) is 12.2. The Morgan fingerprint density at radius 2 is 2.23 bits per heavy atom. The fraction of sp³-hybridized carbons (Fsp3) is 0.500. The minimum absolute atomic E-state index is 0.00818. The first-order chi connectivity index (χ1) is 14.5. The zero-order chi connectivity index (χ0) is 21.3. The summed E-state index contributed by atoms with van der Waals surface area (Å²) in [6.07, 6.45) is 2.74. The molecule has 0 radical (unpaired) electrons. The number of hydrogen-bond donors (Lipinski definition) is 1. The highest BCUT2D eigenvalue weighted by Gasteiger charge is 2.32. The summed E-state index contributed by atoms with van der Waals surface area (Å²) >= 11 is 1.39. The van der Waals surface area contributed by atoms with Gasteiger partial charge < -0.3 is 19.5 Å². The van der Waals surface area contributed by atoms with Crippen LogP contribution in [0.25, 0.3) is 0 Å². The highest BCUT2D eigenvalue weighted by Crippen LogP contribution is 2.28. The van der Waals surface area contributed by atoms with E-state index in [0.717, 1.165) is 30.0 Å². The van der Waals surface area contributed by atoms with Gasteiger partial charge in [0.15, 0.2) is 0 Å². The van der Waals surface area contributed by atoms with Gasteiger partial charge in [-0.1, -0.05) is 6.92 Å². The molecule has 1 saturated heterocycles. The molecule has 1 fully saturated rings. The van der Waals surface area contributed by atoms with Crippen LogP contribution in [0, 0.1) is 11.3 Å². The van der Waals surface area contributed by atoms with Gasteiger partial charge in [-0.05, 0) is 44.4 Å². The van der Waals surface area contributed by atoms with E-state index in [0.29, 0.717) is 42.3 Å². The standard InChI is InChI=1S/C22H26N4O3S/c1-3-17(20-7-6-15(12-23)30-20)24-21(27)16-11-18(26-9-10-29-13-19(16)26)22(28)25-8-4-5-14(25)2/h6-7,11,14,17H,3-5,8-10,13H2,1-2H3,(H,24,27). The van der Waals surface area contributed by atoms with Crippen LogP contribution in [0.3, 0.4) is 0 Å². The number of nitriles is 1. The molecule has 0 spiro atoms. The third-order valence-electron chi connectivity index (χ3n) is 5.98. The summed E-state index contributed by atoms with van der Waals surface area (Å²) in [5.74, 6) is -0.220. The maximum atomic E-state index is 13.2. The fourth-order valence-electron chi connectivity index (χ4n) is 4.29. The average molecular weight is 427 g/mol. The molecule has 1 N–H and O–H groups in total. The molecule has 0 aliphatic carbocycles. The quantitative estimate of drug-likeness (QED) is 0.793. The first-order valence-corrected chi connectivity index (χ1v) is 11.3. The lowest BCUT2D eigenvalue weighted by Crippen LogP contribution is -2.35. The normalized spacial score (nSPS) is 19.2. The zero-order valence-electron chi connectivity index (χ0n) is 17.3. The number of amides is 2. The molecule has 2 aromatic heterocycles. The van der Waals surface area contributed by atoms with E-state index in [2.05, 4.69) is 18.3 Å². The van der Waals surface area contributed by atoms with Crippen LogP contribution in [0.15, 0.2) is 18.2 Å². The predicted octanol–water partition coefficient (Wildman–Crippen LogP) is 3.46. The first kappa shape index (κ1) is 20.6. The van der Waals surface area contributed by atoms with Gasteiger partial charge >= 0.3 is 0 Å². The number of fused-ring (bicyclic) bond motifs is 1. The summed E-state index contributed by atoms with van der Waals surface area (Å²) in [6.45, 7) is 6.25. The van der Waals surface area contributed by atoms with E-state index < -0.39 is 0 Å². The maximum Gasteiger partial charge on any atom is 0.270 e. The second-order valence-corrected chi connectivity index (χ2v) is 8.95. The molecule has 0 aromatic carbocycles. The summed E-state index contributed by atoms with van der Waals surface area (Å²) in [7, 11) is 0. The van der Waals surface area contributed by atoms with E-state index >= 15 is 0 Å². The Balaban J connectivity index is 1.61. The van der Waals surface area contributed by atoms with Gasteiger partial charge in [-0.15, -0.1) is 11.3 Å². The van der Waals surface area contributed by atoms with Gasteiger partial charge in [0.25, 0.3) is 11.8 Å². The van der Waals surface area contributed by atoms with E-state index in [1.807, 2.05) is 22.5 Å². The van der Waals surface area contributed by atoms with Crippen LogP contribution in [0.5, 0.6) is 0 Å². The molecule has 2 aliphatic rings. The molecule has 2 atom stereocenters. The Morgan fingerprint density at radius 3 is 2.90 bits per heavy atom. The highest BCUT2D eigenvalue weighted by atomic mass is 32.1. The molecule has 4 heterocycles. The highest BCUT2D eigenvalue weighted by molar-refractivity contribution is 7.12. The molecular weight excluding hydrogens is 400 g/mol. The molecule has 0 bridgehead atoms. The van der Waals surface area contributed by atoms with E-state index in [1.54, 1.807) is 12.1 Å². The van der Waals surface area contributed by atoms with Crippen molar-refractivity contribution >= 4 is 23.2 Å². The number of ether oxygens (including phenoxy) is 1.